The van der Waals surface area contributed by atoms with Gasteiger partial charge < -0.3 is 14.8 Å². The molecule has 44 heavy (non-hydrogen) atoms. The molecule has 4 aromatic carbocycles. The molecule has 0 aromatic heterocycles. The fourth-order valence-corrected chi connectivity index (χ4v) is 4.81. The van der Waals surface area contributed by atoms with Crippen molar-refractivity contribution in [3.8, 4) is 11.5 Å². The van der Waals surface area contributed by atoms with Crippen LogP contribution in [0.3, 0.4) is 0 Å². The van der Waals surface area contributed by atoms with Crippen LogP contribution in [0, 0.1) is 0 Å². The van der Waals surface area contributed by atoms with E-state index >= 15 is 0 Å². The largest absolute Gasteiger partial charge is 0.573 e. The van der Waals surface area contributed by atoms with Crippen molar-refractivity contribution in [1.82, 2.24) is 5.32 Å². The van der Waals surface area contributed by atoms with Gasteiger partial charge in [0.15, 0.2) is 0 Å². The van der Waals surface area contributed by atoms with E-state index in [1.807, 2.05) is 0 Å². The first kappa shape index (κ1) is 32.3. The van der Waals surface area contributed by atoms with E-state index in [1.54, 1.807) is 30.3 Å². The summed E-state index contributed by atoms with van der Waals surface area (Å²) in [5.41, 5.74) is -0.809. The number of amides is 1. The molecule has 0 radical (unpaired) electrons. The average Bonchev–Trinajstić information content (AvgIpc) is 2.94. The molecule has 4 aromatic rings. The molecule has 232 valence electrons. The SMILES string of the molecule is CC(F)(F)c1ccc(C(=O)NCC(Cc2ccccc2)(c2cccc(OC(F)(F)F)c2)c2cccc(OC(F)(F)F)c2)cc1. The Labute approximate surface area is 247 Å². The monoisotopic (exact) mass is 623 g/mol. The van der Waals surface area contributed by atoms with E-state index < -0.39 is 41.5 Å². The number of carbonyl (C=O) groups excluding carboxylic acids is 1. The number of hydrogen-bond donors (Lipinski definition) is 1. The molecule has 1 N–H and O–H groups in total. The highest BCUT2D eigenvalue weighted by Crippen LogP contribution is 2.40. The van der Waals surface area contributed by atoms with Crippen molar-refractivity contribution in [3.05, 3.63) is 131 Å². The lowest BCUT2D eigenvalue weighted by Gasteiger charge is -2.36. The molecule has 0 fully saturated rings. The molecule has 4 rings (SSSR count). The summed E-state index contributed by atoms with van der Waals surface area (Å²) in [4.78, 5) is 13.2. The van der Waals surface area contributed by atoms with Crippen LogP contribution in [0.2, 0.25) is 0 Å². The first-order chi connectivity index (χ1) is 20.5. The summed E-state index contributed by atoms with van der Waals surface area (Å²) in [6, 6.07) is 23.0. The number of benzene rings is 4. The van der Waals surface area contributed by atoms with Crippen LogP contribution in [0.1, 0.15) is 39.5 Å². The molecule has 1 amide bonds. The highest BCUT2D eigenvalue weighted by atomic mass is 19.4. The van der Waals surface area contributed by atoms with Crippen molar-refractivity contribution < 1.29 is 49.4 Å². The summed E-state index contributed by atoms with van der Waals surface area (Å²) in [6.07, 6.45) is -10.1. The molecular weight excluding hydrogens is 598 g/mol. The van der Waals surface area contributed by atoms with Gasteiger partial charge in [-0.3, -0.25) is 4.79 Å². The van der Waals surface area contributed by atoms with Gasteiger partial charge in [0, 0.05) is 30.0 Å². The Balaban J connectivity index is 1.84. The van der Waals surface area contributed by atoms with Crippen molar-refractivity contribution >= 4 is 5.91 Å². The first-order valence-corrected chi connectivity index (χ1v) is 13.1. The van der Waals surface area contributed by atoms with E-state index in [0.29, 0.717) is 12.5 Å². The van der Waals surface area contributed by atoms with Crippen molar-refractivity contribution in [3.63, 3.8) is 0 Å². The van der Waals surface area contributed by atoms with E-state index in [9.17, 15) is 39.9 Å². The lowest BCUT2D eigenvalue weighted by molar-refractivity contribution is -0.275. The molecule has 0 saturated heterocycles. The highest BCUT2D eigenvalue weighted by Gasteiger charge is 2.38. The fourth-order valence-electron chi connectivity index (χ4n) is 4.81. The minimum absolute atomic E-state index is 0.0000569. The van der Waals surface area contributed by atoms with Crippen LogP contribution in [-0.2, 0) is 17.8 Å². The number of nitrogens with one attached hydrogen (secondary N) is 1. The van der Waals surface area contributed by atoms with Crippen LogP contribution in [0.4, 0.5) is 35.1 Å². The molecular formula is C32H25F8NO3. The van der Waals surface area contributed by atoms with Crippen molar-refractivity contribution in [2.24, 2.45) is 0 Å². The zero-order chi connectivity index (χ0) is 32.2. The number of carbonyl (C=O) groups is 1. The summed E-state index contributed by atoms with van der Waals surface area (Å²) < 4.78 is 114. The molecule has 0 aliphatic heterocycles. The van der Waals surface area contributed by atoms with Gasteiger partial charge in [0.2, 0.25) is 0 Å². The standard InChI is InChI=1S/C32H25F8NO3/c1-29(33,34)23-15-13-22(14-16-23)28(42)41-20-30(19-21-7-3-2-4-8-21,24-9-5-11-26(17-24)43-31(35,36)37)25-10-6-12-27(18-25)44-32(38,39)40/h2-18H,19-20H2,1H3,(H,41,42). The van der Waals surface area contributed by atoms with Crippen molar-refractivity contribution in [1.29, 1.82) is 0 Å². The second-order valence-corrected chi connectivity index (χ2v) is 10.0. The van der Waals surface area contributed by atoms with Gasteiger partial charge >= 0.3 is 12.7 Å². The van der Waals surface area contributed by atoms with Crippen LogP contribution in [0.5, 0.6) is 11.5 Å². The lowest BCUT2D eigenvalue weighted by atomic mass is 9.70. The Morgan fingerprint density at radius 1 is 0.636 bits per heavy atom. The summed E-state index contributed by atoms with van der Waals surface area (Å²) >= 11 is 0. The van der Waals surface area contributed by atoms with Crippen LogP contribution in [0.15, 0.2) is 103 Å². The predicted molar refractivity (Wildman–Crippen MR) is 146 cm³/mol. The smallest absolute Gasteiger partial charge is 0.406 e. The quantitative estimate of drug-likeness (QED) is 0.180. The Hall–Kier alpha value is -4.61. The van der Waals surface area contributed by atoms with E-state index in [1.165, 1.54) is 36.4 Å². The third-order valence-corrected chi connectivity index (χ3v) is 6.79. The second-order valence-electron chi connectivity index (χ2n) is 10.0. The number of rotatable bonds is 10. The molecule has 0 aliphatic rings. The Bertz CT molecular complexity index is 1500. The first-order valence-electron chi connectivity index (χ1n) is 13.1. The number of ether oxygens (including phenoxy) is 2. The average molecular weight is 624 g/mol. The maximum absolute atomic E-state index is 13.7. The fraction of sp³-hybridized carbons (Fsp3) is 0.219. The molecule has 0 atom stereocenters. The van der Waals surface area contributed by atoms with Gasteiger partial charge in [-0.15, -0.1) is 26.3 Å². The normalized spacial score (nSPS) is 12.5. The molecule has 0 unspecified atom stereocenters. The summed E-state index contributed by atoms with van der Waals surface area (Å²) in [5, 5.41) is 2.70. The van der Waals surface area contributed by atoms with Gasteiger partial charge in [-0.25, -0.2) is 8.78 Å². The van der Waals surface area contributed by atoms with Crippen LogP contribution in [-0.4, -0.2) is 25.2 Å². The van der Waals surface area contributed by atoms with Crippen LogP contribution in [0.25, 0.3) is 0 Å². The highest BCUT2D eigenvalue weighted by molar-refractivity contribution is 5.94. The Morgan fingerprint density at radius 2 is 1.14 bits per heavy atom. The maximum atomic E-state index is 13.7. The second kappa shape index (κ2) is 12.6. The van der Waals surface area contributed by atoms with E-state index in [-0.39, 0.29) is 35.2 Å². The molecule has 0 aliphatic carbocycles. The number of alkyl halides is 8. The van der Waals surface area contributed by atoms with Crippen LogP contribution >= 0.6 is 0 Å². The number of halogens is 8. The maximum Gasteiger partial charge on any atom is 0.573 e. The molecule has 0 heterocycles. The van der Waals surface area contributed by atoms with Crippen molar-refractivity contribution in [2.45, 2.75) is 37.4 Å². The third kappa shape index (κ3) is 8.48. The zero-order valence-electron chi connectivity index (χ0n) is 23.0. The molecule has 0 bridgehead atoms. The molecule has 0 spiro atoms. The van der Waals surface area contributed by atoms with Gasteiger partial charge in [-0.05, 0) is 59.5 Å². The Kier molecular flexibility index (Phi) is 9.22. The summed E-state index contributed by atoms with van der Waals surface area (Å²) in [5.74, 6) is -5.03. The van der Waals surface area contributed by atoms with E-state index in [4.69, 9.17) is 0 Å². The van der Waals surface area contributed by atoms with Gasteiger partial charge in [0.25, 0.3) is 11.8 Å². The minimum atomic E-state index is -5.03. The summed E-state index contributed by atoms with van der Waals surface area (Å²) in [7, 11) is 0. The van der Waals surface area contributed by atoms with Gasteiger partial charge in [-0.2, -0.15) is 0 Å². The van der Waals surface area contributed by atoms with E-state index in [0.717, 1.165) is 36.4 Å². The molecule has 0 saturated carbocycles. The predicted octanol–water partition coefficient (Wildman–Crippen LogP) is 8.55. The lowest BCUT2D eigenvalue weighted by Crippen LogP contribution is -2.43. The van der Waals surface area contributed by atoms with Crippen molar-refractivity contribution in [2.75, 3.05) is 6.54 Å². The minimum Gasteiger partial charge on any atom is -0.406 e. The summed E-state index contributed by atoms with van der Waals surface area (Å²) in [6.45, 7) is 0.366. The third-order valence-electron chi connectivity index (χ3n) is 6.79. The van der Waals surface area contributed by atoms with Gasteiger partial charge in [-0.1, -0.05) is 66.7 Å². The zero-order valence-corrected chi connectivity index (χ0v) is 23.0. The Morgan fingerprint density at radius 3 is 1.59 bits per heavy atom. The molecule has 4 nitrogen and oxygen atoms in total. The number of hydrogen-bond acceptors (Lipinski definition) is 3. The van der Waals surface area contributed by atoms with Crippen LogP contribution < -0.4 is 14.8 Å². The molecule has 12 heteroatoms. The topological polar surface area (TPSA) is 47.6 Å². The van der Waals surface area contributed by atoms with Gasteiger partial charge in [0.05, 0.1) is 0 Å². The van der Waals surface area contributed by atoms with Gasteiger partial charge in [0.1, 0.15) is 11.5 Å². The van der Waals surface area contributed by atoms with E-state index in [2.05, 4.69) is 14.8 Å².